The van der Waals surface area contributed by atoms with Crippen molar-refractivity contribution in [2.75, 3.05) is 6.54 Å². The number of amides is 2. The number of rotatable bonds is 5. The molecule has 0 radical (unpaired) electrons. The second-order valence-electron chi connectivity index (χ2n) is 4.20. The second kappa shape index (κ2) is 7.74. The lowest BCUT2D eigenvalue weighted by Gasteiger charge is -2.11. The number of hydrogen-bond acceptors (Lipinski definition) is 3. The summed E-state index contributed by atoms with van der Waals surface area (Å²) >= 11 is 0. The molecule has 0 aromatic heterocycles. The van der Waals surface area contributed by atoms with Gasteiger partial charge in [-0.15, -0.1) is 0 Å². The molecule has 2 N–H and O–H groups in total. The molecule has 1 atom stereocenters. The van der Waals surface area contributed by atoms with E-state index >= 15 is 0 Å². The third-order valence-corrected chi connectivity index (χ3v) is 2.55. The molecule has 5 heteroatoms. The first-order chi connectivity index (χ1) is 9.56. The molecule has 0 aliphatic carbocycles. The molecule has 20 heavy (non-hydrogen) atoms. The Kier molecular flexibility index (Phi) is 5.98. The van der Waals surface area contributed by atoms with Crippen LogP contribution in [0.1, 0.15) is 25.0 Å². The molecule has 0 bridgehead atoms. The van der Waals surface area contributed by atoms with Gasteiger partial charge in [-0.2, -0.15) is 5.26 Å². The third kappa shape index (κ3) is 4.94. The van der Waals surface area contributed by atoms with Crippen LogP contribution in [0.2, 0.25) is 0 Å². The number of likely N-dealkylation sites (N-methyl/N-ethyl adjacent to an activating group) is 1. The summed E-state index contributed by atoms with van der Waals surface area (Å²) < 4.78 is 0. The van der Waals surface area contributed by atoms with Gasteiger partial charge in [0.05, 0.1) is 11.6 Å². The van der Waals surface area contributed by atoms with Crippen molar-refractivity contribution in [1.29, 1.82) is 5.26 Å². The van der Waals surface area contributed by atoms with Crippen LogP contribution in [0.25, 0.3) is 6.08 Å². The first kappa shape index (κ1) is 15.4. The van der Waals surface area contributed by atoms with Gasteiger partial charge in [0.2, 0.25) is 11.8 Å². The zero-order valence-electron chi connectivity index (χ0n) is 11.5. The number of nitrogens with one attached hydrogen (secondary N) is 2. The molecule has 0 saturated heterocycles. The highest BCUT2D eigenvalue weighted by Crippen LogP contribution is 2.05. The predicted octanol–water partition coefficient (Wildman–Crippen LogP) is 1.21. The van der Waals surface area contributed by atoms with Crippen LogP contribution in [0.4, 0.5) is 0 Å². The highest BCUT2D eigenvalue weighted by molar-refractivity contribution is 5.95. The third-order valence-electron chi connectivity index (χ3n) is 2.55. The number of hydrogen-bond donors (Lipinski definition) is 2. The van der Waals surface area contributed by atoms with Gasteiger partial charge in [-0.1, -0.05) is 12.1 Å². The standard InChI is InChI=1S/C15H17N3O2/c1-3-17-15(20)11(2)18-14(19)8-7-12-5-4-6-13(9-12)10-16/h4-9,11H,3H2,1-2H3,(H,17,20)(H,18,19)/b8-7+. The van der Waals surface area contributed by atoms with Crippen LogP contribution in [0.3, 0.4) is 0 Å². The van der Waals surface area contributed by atoms with Gasteiger partial charge in [0, 0.05) is 12.6 Å². The van der Waals surface area contributed by atoms with Crippen LogP contribution in [-0.4, -0.2) is 24.4 Å². The maximum absolute atomic E-state index is 11.6. The van der Waals surface area contributed by atoms with Crippen molar-refractivity contribution in [3.63, 3.8) is 0 Å². The average Bonchev–Trinajstić information content (AvgIpc) is 2.45. The van der Waals surface area contributed by atoms with Gasteiger partial charge in [-0.3, -0.25) is 9.59 Å². The van der Waals surface area contributed by atoms with Crippen molar-refractivity contribution in [2.45, 2.75) is 19.9 Å². The van der Waals surface area contributed by atoms with E-state index in [4.69, 9.17) is 5.26 Å². The van der Waals surface area contributed by atoms with E-state index in [0.29, 0.717) is 12.1 Å². The molecule has 5 nitrogen and oxygen atoms in total. The highest BCUT2D eigenvalue weighted by Gasteiger charge is 2.12. The maximum Gasteiger partial charge on any atom is 0.244 e. The fourth-order valence-corrected chi connectivity index (χ4v) is 1.54. The molecule has 0 aliphatic rings. The van der Waals surface area contributed by atoms with Crippen molar-refractivity contribution in [3.05, 3.63) is 41.5 Å². The lowest BCUT2D eigenvalue weighted by atomic mass is 10.1. The predicted molar refractivity (Wildman–Crippen MR) is 76.5 cm³/mol. The van der Waals surface area contributed by atoms with Gasteiger partial charge in [-0.05, 0) is 37.6 Å². The van der Waals surface area contributed by atoms with Gasteiger partial charge in [-0.25, -0.2) is 0 Å². The molecular formula is C15H17N3O2. The van der Waals surface area contributed by atoms with E-state index in [9.17, 15) is 9.59 Å². The van der Waals surface area contributed by atoms with E-state index in [1.807, 2.05) is 13.0 Å². The van der Waals surface area contributed by atoms with Crippen LogP contribution < -0.4 is 10.6 Å². The van der Waals surface area contributed by atoms with Gasteiger partial charge in [0.25, 0.3) is 0 Å². The van der Waals surface area contributed by atoms with Crippen molar-refractivity contribution in [2.24, 2.45) is 0 Å². The van der Waals surface area contributed by atoms with Gasteiger partial charge in [0.1, 0.15) is 6.04 Å². The fourth-order valence-electron chi connectivity index (χ4n) is 1.54. The Balaban J connectivity index is 2.59. The number of nitrogens with zero attached hydrogens (tertiary/aromatic N) is 1. The molecule has 1 rings (SSSR count). The molecule has 2 amide bonds. The number of benzene rings is 1. The van der Waals surface area contributed by atoms with E-state index in [0.717, 1.165) is 5.56 Å². The topological polar surface area (TPSA) is 82.0 Å². The Morgan fingerprint density at radius 3 is 2.85 bits per heavy atom. The molecule has 0 spiro atoms. The van der Waals surface area contributed by atoms with Crippen molar-refractivity contribution >= 4 is 17.9 Å². The minimum Gasteiger partial charge on any atom is -0.355 e. The van der Waals surface area contributed by atoms with Crippen LogP contribution >= 0.6 is 0 Å². The maximum atomic E-state index is 11.6. The van der Waals surface area contributed by atoms with Crippen molar-refractivity contribution in [1.82, 2.24) is 10.6 Å². The zero-order valence-corrected chi connectivity index (χ0v) is 11.5. The summed E-state index contributed by atoms with van der Waals surface area (Å²) in [6, 6.07) is 8.34. The summed E-state index contributed by atoms with van der Waals surface area (Å²) in [5.41, 5.74) is 1.29. The Labute approximate surface area is 118 Å². The monoisotopic (exact) mass is 271 g/mol. The van der Waals surface area contributed by atoms with E-state index < -0.39 is 6.04 Å². The number of nitriles is 1. The summed E-state index contributed by atoms with van der Waals surface area (Å²) in [5, 5.41) is 14.0. The largest absolute Gasteiger partial charge is 0.355 e. The van der Waals surface area contributed by atoms with Crippen LogP contribution in [0, 0.1) is 11.3 Å². The molecule has 0 saturated carbocycles. The summed E-state index contributed by atoms with van der Waals surface area (Å²) in [6.45, 7) is 3.96. The molecule has 1 aromatic carbocycles. The van der Waals surface area contributed by atoms with Gasteiger partial charge in [0.15, 0.2) is 0 Å². The Bertz CT molecular complexity index is 558. The normalized spacial score (nSPS) is 11.7. The van der Waals surface area contributed by atoms with E-state index in [1.165, 1.54) is 6.08 Å². The molecule has 1 aromatic rings. The quantitative estimate of drug-likeness (QED) is 0.790. The Morgan fingerprint density at radius 1 is 1.45 bits per heavy atom. The lowest BCUT2D eigenvalue weighted by Crippen LogP contribution is -2.44. The summed E-state index contributed by atoms with van der Waals surface area (Å²) in [5.74, 6) is -0.577. The first-order valence-corrected chi connectivity index (χ1v) is 6.33. The van der Waals surface area contributed by atoms with Crippen LogP contribution in [0.15, 0.2) is 30.3 Å². The molecule has 0 aliphatic heterocycles. The average molecular weight is 271 g/mol. The second-order valence-corrected chi connectivity index (χ2v) is 4.20. The van der Waals surface area contributed by atoms with Gasteiger partial charge < -0.3 is 10.6 Å². The SMILES string of the molecule is CCNC(=O)C(C)NC(=O)/C=C/c1cccc(C#N)c1. The summed E-state index contributed by atoms with van der Waals surface area (Å²) in [6.07, 6.45) is 2.94. The molecule has 0 heterocycles. The molecule has 0 fully saturated rings. The minimum absolute atomic E-state index is 0.222. The number of carbonyl (C=O) groups excluding carboxylic acids is 2. The zero-order chi connectivity index (χ0) is 15.0. The lowest BCUT2D eigenvalue weighted by molar-refractivity contribution is -0.126. The first-order valence-electron chi connectivity index (χ1n) is 6.33. The molecular weight excluding hydrogens is 254 g/mol. The van der Waals surface area contributed by atoms with E-state index in [1.54, 1.807) is 37.3 Å². The molecule has 1 unspecified atom stereocenters. The number of carbonyl (C=O) groups is 2. The summed E-state index contributed by atoms with van der Waals surface area (Å²) in [7, 11) is 0. The minimum atomic E-state index is -0.586. The summed E-state index contributed by atoms with van der Waals surface area (Å²) in [4.78, 5) is 23.1. The van der Waals surface area contributed by atoms with E-state index in [-0.39, 0.29) is 11.8 Å². The van der Waals surface area contributed by atoms with E-state index in [2.05, 4.69) is 10.6 Å². The van der Waals surface area contributed by atoms with Crippen LogP contribution in [-0.2, 0) is 9.59 Å². The van der Waals surface area contributed by atoms with Crippen molar-refractivity contribution < 1.29 is 9.59 Å². The Morgan fingerprint density at radius 2 is 2.20 bits per heavy atom. The molecule has 104 valence electrons. The van der Waals surface area contributed by atoms with Crippen molar-refractivity contribution in [3.8, 4) is 6.07 Å². The van der Waals surface area contributed by atoms with Gasteiger partial charge >= 0.3 is 0 Å². The fraction of sp³-hybridized carbons (Fsp3) is 0.267. The Hall–Kier alpha value is -2.61. The highest BCUT2D eigenvalue weighted by atomic mass is 16.2. The van der Waals surface area contributed by atoms with Crippen LogP contribution in [0.5, 0.6) is 0 Å². The smallest absolute Gasteiger partial charge is 0.244 e.